The summed E-state index contributed by atoms with van der Waals surface area (Å²) in [7, 11) is 0. The van der Waals surface area contributed by atoms with E-state index >= 15 is 0 Å². The third-order valence-corrected chi connectivity index (χ3v) is 3.71. The molecule has 1 aromatic carbocycles. The lowest BCUT2D eigenvalue weighted by atomic mass is 10.0. The van der Waals surface area contributed by atoms with Gasteiger partial charge in [0.1, 0.15) is 0 Å². The van der Waals surface area contributed by atoms with Crippen molar-refractivity contribution in [2.75, 3.05) is 0 Å². The smallest absolute Gasteiger partial charge is 0.0866 e. The first-order valence-corrected chi connectivity index (χ1v) is 7.24. The minimum absolute atomic E-state index is 0.546. The molecule has 0 aliphatic carbocycles. The van der Waals surface area contributed by atoms with Crippen LogP contribution in [0.4, 0.5) is 0 Å². The fraction of sp³-hybridized carbons (Fsp3) is 0.294. The summed E-state index contributed by atoms with van der Waals surface area (Å²) in [5, 5.41) is 16.1. The van der Waals surface area contributed by atoms with Crippen molar-refractivity contribution in [2.45, 2.75) is 32.9 Å². The minimum Gasteiger partial charge on any atom is -0.388 e. The van der Waals surface area contributed by atoms with Gasteiger partial charge in [0.25, 0.3) is 0 Å². The Morgan fingerprint density at radius 3 is 2.86 bits per heavy atom. The van der Waals surface area contributed by atoms with Crippen LogP contribution in [0, 0.1) is 6.92 Å². The van der Waals surface area contributed by atoms with Gasteiger partial charge >= 0.3 is 0 Å². The standard InChI is InChI=1S/C17H19N3O/c1-3-20-14(10-12(2)19-20)11-16(21)15-8-4-6-13-7-5-9-18-17(13)15/h4-10,16,21H,3,11H2,1-2H3. The van der Waals surface area contributed by atoms with Gasteiger partial charge in [0.15, 0.2) is 0 Å². The van der Waals surface area contributed by atoms with Gasteiger partial charge in [0.2, 0.25) is 0 Å². The van der Waals surface area contributed by atoms with Crippen molar-refractivity contribution in [3.8, 4) is 0 Å². The molecule has 2 heterocycles. The zero-order chi connectivity index (χ0) is 14.8. The summed E-state index contributed by atoms with van der Waals surface area (Å²) in [6.07, 6.45) is 1.73. The largest absolute Gasteiger partial charge is 0.388 e. The highest BCUT2D eigenvalue weighted by atomic mass is 16.3. The number of aromatic nitrogens is 3. The number of fused-ring (bicyclic) bond motifs is 1. The summed E-state index contributed by atoms with van der Waals surface area (Å²) in [6.45, 7) is 4.84. The van der Waals surface area contributed by atoms with E-state index < -0.39 is 6.10 Å². The summed E-state index contributed by atoms with van der Waals surface area (Å²) in [5.41, 5.74) is 3.77. The first-order valence-electron chi connectivity index (χ1n) is 7.24. The lowest BCUT2D eigenvalue weighted by molar-refractivity contribution is 0.176. The molecular weight excluding hydrogens is 262 g/mol. The predicted octanol–water partition coefficient (Wildman–Crippen LogP) is 3.04. The summed E-state index contributed by atoms with van der Waals surface area (Å²) in [5.74, 6) is 0. The average Bonchev–Trinajstić information content (AvgIpc) is 2.86. The zero-order valence-electron chi connectivity index (χ0n) is 12.3. The number of rotatable bonds is 4. The van der Waals surface area contributed by atoms with E-state index in [1.165, 1.54) is 0 Å². The predicted molar refractivity (Wildman–Crippen MR) is 83.0 cm³/mol. The molecule has 1 N–H and O–H groups in total. The van der Waals surface area contributed by atoms with E-state index in [4.69, 9.17) is 0 Å². The van der Waals surface area contributed by atoms with Gasteiger partial charge in [0.05, 0.1) is 17.3 Å². The molecule has 4 heteroatoms. The van der Waals surface area contributed by atoms with Crippen LogP contribution < -0.4 is 0 Å². The number of aliphatic hydroxyl groups is 1. The highest BCUT2D eigenvalue weighted by Crippen LogP contribution is 2.25. The third kappa shape index (κ3) is 2.67. The van der Waals surface area contributed by atoms with Crippen LogP contribution in [0.15, 0.2) is 42.6 Å². The Labute approximate surface area is 124 Å². The zero-order valence-corrected chi connectivity index (χ0v) is 12.3. The van der Waals surface area contributed by atoms with Crippen molar-refractivity contribution >= 4 is 10.9 Å². The van der Waals surface area contributed by atoms with Crippen LogP contribution in [0.3, 0.4) is 0 Å². The number of pyridine rings is 1. The monoisotopic (exact) mass is 281 g/mol. The van der Waals surface area contributed by atoms with Crippen molar-refractivity contribution in [2.24, 2.45) is 0 Å². The van der Waals surface area contributed by atoms with Crippen LogP contribution in [0.5, 0.6) is 0 Å². The normalized spacial score (nSPS) is 12.7. The fourth-order valence-corrected chi connectivity index (χ4v) is 2.74. The van der Waals surface area contributed by atoms with E-state index in [-0.39, 0.29) is 0 Å². The van der Waals surface area contributed by atoms with Crippen LogP contribution in [0.1, 0.15) is 30.0 Å². The molecule has 1 atom stereocenters. The molecule has 0 aliphatic heterocycles. The quantitative estimate of drug-likeness (QED) is 0.799. The molecule has 0 amide bonds. The van der Waals surface area contributed by atoms with E-state index in [9.17, 15) is 5.11 Å². The maximum absolute atomic E-state index is 10.6. The highest BCUT2D eigenvalue weighted by molar-refractivity contribution is 5.81. The van der Waals surface area contributed by atoms with Crippen molar-refractivity contribution in [1.29, 1.82) is 0 Å². The molecule has 4 nitrogen and oxygen atoms in total. The second-order valence-electron chi connectivity index (χ2n) is 5.24. The molecule has 0 spiro atoms. The van der Waals surface area contributed by atoms with E-state index in [2.05, 4.69) is 17.0 Å². The number of benzene rings is 1. The molecule has 0 saturated heterocycles. The van der Waals surface area contributed by atoms with Gasteiger partial charge in [-0.3, -0.25) is 9.67 Å². The summed E-state index contributed by atoms with van der Waals surface area (Å²) in [4.78, 5) is 4.41. The summed E-state index contributed by atoms with van der Waals surface area (Å²) in [6, 6.07) is 11.9. The third-order valence-electron chi connectivity index (χ3n) is 3.71. The number of aliphatic hydroxyl groups excluding tert-OH is 1. The summed E-state index contributed by atoms with van der Waals surface area (Å²) < 4.78 is 1.94. The Kier molecular flexibility index (Phi) is 3.71. The molecule has 2 aromatic heterocycles. The molecule has 0 radical (unpaired) electrons. The second kappa shape index (κ2) is 5.66. The Morgan fingerprint density at radius 1 is 1.24 bits per heavy atom. The Morgan fingerprint density at radius 2 is 2.05 bits per heavy atom. The first kappa shape index (κ1) is 13.8. The Balaban J connectivity index is 1.95. The van der Waals surface area contributed by atoms with Gasteiger partial charge in [-0.05, 0) is 26.0 Å². The van der Waals surface area contributed by atoms with E-state index in [1.807, 2.05) is 48.0 Å². The summed E-state index contributed by atoms with van der Waals surface area (Å²) >= 11 is 0. The highest BCUT2D eigenvalue weighted by Gasteiger charge is 2.15. The maximum Gasteiger partial charge on any atom is 0.0866 e. The van der Waals surface area contributed by atoms with Gasteiger partial charge in [-0.1, -0.05) is 24.3 Å². The van der Waals surface area contributed by atoms with Crippen molar-refractivity contribution in [1.82, 2.24) is 14.8 Å². The van der Waals surface area contributed by atoms with E-state index in [0.29, 0.717) is 6.42 Å². The van der Waals surface area contributed by atoms with Crippen LogP contribution in [-0.4, -0.2) is 19.9 Å². The van der Waals surface area contributed by atoms with Gasteiger partial charge in [-0.25, -0.2) is 0 Å². The van der Waals surface area contributed by atoms with Gasteiger partial charge in [0, 0.05) is 35.8 Å². The molecule has 21 heavy (non-hydrogen) atoms. The molecule has 108 valence electrons. The molecule has 0 fully saturated rings. The topological polar surface area (TPSA) is 50.9 Å². The van der Waals surface area contributed by atoms with Crippen LogP contribution in [0.25, 0.3) is 10.9 Å². The Hall–Kier alpha value is -2.20. The van der Waals surface area contributed by atoms with E-state index in [1.54, 1.807) is 6.20 Å². The number of aryl methyl sites for hydroxylation is 2. The number of para-hydroxylation sites is 1. The molecular formula is C17H19N3O. The lowest BCUT2D eigenvalue weighted by Gasteiger charge is -2.13. The van der Waals surface area contributed by atoms with Gasteiger partial charge in [-0.15, -0.1) is 0 Å². The van der Waals surface area contributed by atoms with Crippen molar-refractivity contribution < 1.29 is 5.11 Å². The number of hydrogen-bond donors (Lipinski definition) is 1. The maximum atomic E-state index is 10.6. The van der Waals surface area contributed by atoms with Crippen molar-refractivity contribution in [3.63, 3.8) is 0 Å². The molecule has 1 unspecified atom stereocenters. The van der Waals surface area contributed by atoms with Crippen LogP contribution in [0.2, 0.25) is 0 Å². The molecule has 0 aliphatic rings. The van der Waals surface area contributed by atoms with Crippen LogP contribution >= 0.6 is 0 Å². The van der Waals surface area contributed by atoms with E-state index in [0.717, 1.165) is 34.4 Å². The molecule has 3 aromatic rings. The fourth-order valence-electron chi connectivity index (χ4n) is 2.74. The first-order chi connectivity index (χ1) is 10.2. The van der Waals surface area contributed by atoms with Crippen molar-refractivity contribution in [3.05, 3.63) is 59.5 Å². The molecule has 0 bridgehead atoms. The average molecular weight is 281 g/mol. The van der Waals surface area contributed by atoms with Gasteiger partial charge in [-0.2, -0.15) is 5.10 Å². The number of nitrogens with zero attached hydrogens (tertiary/aromatic N) is 3. The number of hydrogen-bond acceptors (Lipinski definition) is 3. The van der Waals surface area contributed by atoms with Gasteiger partial charge < -0.3 is 5.11 Å². The lowest BCUT2D eigenvalue weighted by Crippen LogP contribution is -2.09. The SMILES string of the molecule is CCn1nc(C)cc1CC(O)c1cccc2cccnc12. The minimum atomic E-state index is -0.579. The molecule has 0 saturated carbocycles. The van der Waals surface area contributed by atoms with Crippen LogP contribution in [-0.2, 0) is 13.0 Å². The second-order valence-corrected chi connectivity index (χ2v) is 5.24. The molecule has 3 rings (SSSR count). The Bertz CT molecular complexity index is 758.